The second-order valence-electron chi connectivity index (χ2n) is 7.12. The highest BCUT2D eigenvalue weighted by atomic mass is 16.5. The number of carbonyl (C=O) groups excluding carboxylic acids is 1. The van der Waals surface area contributed by atoms with E-state index < -0.39 is 5.54 Å². The van der Waals surface area contributed by atoms with E-state index >= 15 is 0 Å². The predicted octanol–water partition coefficient (Wildman–Crippen LogP) is 4.46. The molecule has 1 rings (SSSR count). The van der Waals surface area contributed by atoms with Crippen molar-refractivity contribution in [1.29, 1.82) is 0 Å². The van der Waals surface area contributed by atoms with Crippen LogP contribution in [0, 0.1) is 0 Å². The SMILES string of the molecule is CCCCCCCCCOc1ccc(C(=O)NC(C)(CC)/C(N)=N/O)cc1. The molecule has 0 aliphatic carbocycles. The maximum Gasteiger partial charge on any atom is 0.252 e. The molecule has 0 aliphatic rings. The first kappa shape index (κ1) is 22.8. The van der Waals surface area contributed by atoms with Crippen molar-refractivity contribution in [2.24, 2.45) is 10.9 Å². The topological polar surface area (TPSA) is 96.9 Å². The van der Waals surface area contributed by atoms with E-state index in [0.717, 1.165) is 12.2 Å². The lowest BCUT2D eigenvalue weighted by Crippen LogP contribution is -2.55. The number of amides is 1. The summed E-state index contributed by atoms with van der Waals surface area (Å²) >= 11 is 0. The van der Waals surface area contributed by atoms with Crippen LogP contribution in [0.2, 0.25) is 0 Å². The van der Waals surface area contributed by atoms with E-state index in [4.69, 9.17) is 15.7 Å². The number of hydrogen-bond donors (Lipinski definition) is 3. The minimum Gasteiger partial charge on any atom is -0.494 e. The van der Waals surface area contributed by atoms with Crippen molar-refractivity contribution in [1.82, 2.24) is 5.32 Å². The van der Waals surface area contributed by atoms with E-state index in [9.17, 15) is 4.79 Å². The molecular formula is C21H35N3O3. The fourth-order valence-corrected chi connectivity index (χ4v) is 2.72. The van der Waals surface area contributed by atoms with Gasteiger partial charge in [-0.15, -0.1) is 0 Å². The Labute approximate surface area is 163 Å². The third-order valence-electron chi connectivity index (χ3n) is 4.90. The van der Waals surface area contributed by atoms with Gasteiger partial charge in [-0.05, 0) is 44.0 Å². The number of unbranched alkanes of at least 4 members (excludes halogenated alkanes) is 6. The van der Waals surface area contributed by atoms with Crippen LogP contribution in [0.25, 0.3) is 0 Å². The van der Waals surface area contributed by atoms with Crippen LogP contribution in [0.1, 0.15) is 82.5 Å². The lowest BCUT2D eigenvalue weighted by atomic mass is 9.97. The zero-order valence-corrected chi connectivity index (χ0v) is 17.0. The molecule has 1 amide bonds. The molecule has 0 fully saturated rings. The number of amidine groups is 1. The van der Waals surface area contributed by atoms with Crippen LogP contribution < -0.4 is 15.8 Å². The first-order valence-corrected chi connectivity index (χ1v) is 10.00. The van der Waals surface area contributed by atoms with Crippen LogP contribution in [-0.2, 0) is 0 Å². The van der Waals surface area contributed by atoms with Crippen molar-refractivity contribution >= 4 is 11.7 Å². The van der Waals surface area contributed by atoms with Gasteiger partial charge in [0.15, 0.2) is 5.84 Å². The number of hydrogen-bond acceptors (Lipinski definition) is 4. The molecule has 0 heterocycles. The van der Waals surface area contributed by atoms with Crippen molar-refractivity contribution in [3.8, 4) is 5.75 Å². The third kappa shape index (κ3) is 7.89. The van der Waals surface area contributed by atoms with Gasteiger partial charge in [-0.3, -0.25) is 4.79 Å². The highest BCUT2D eigenvalue weighted by Gasteiger charge is 2.29. The summed E-state index contributed by atoms with van der Waals surface area (Å²) in [6.07, 6.45) is 9.24. The van der Waals surface area contributed by atoms with Gasteiger partial charge in [0, 0.05) is 5.56 Å². The van der Waals surface area contributed by atoms with Gasteiger partial charge in [-0.1, -0.05) is 57.5 Å². The molecule has 1 atom stereocenters. The molecule has 1 aromatic carbocycles. The second-order valence-corrected chi connectivity index (χ2v) is 7.12. The van der Waals surface area contributed by atoms with Crippen molar-refractivity contribution in [2.75, 3.05) is 6.61 Å². The highest BCUT2D eigenvalue weighted by Crippen LogP contribution is 2.16. The molecule has 152 valence electrons. The van der Waals surface area contributed by atoms with Gasteiger partial charge in [-0.25, -0.2) is 0 Å². The Balaban J connectivity index is 2.41. The molecule has 0 saturated heterocycles. The summed E-state index contributed by atoms with van der Waals surface area (Å²) in [7, 11) is 0. The largest absolute Gasteiger partial charge is 0.494 e. The smallest absolute Gasteiger partial charge is 0.252 e. The van der Waals surface area contributed by atoms with Crippen LogP contribution in [0.3, 0.4) is 0 Å². The quantitative estimate of drug-likeness (QED) is 0.155. The van der Waals surface area contributed by atoms with E-state index in [-0.39, 0.29) is 11.7 Å². The minimum absolute atomic E-state index is 0.0204. The molecule has 27 heavy (non-hydrogen) atoms. The van der Waals surface area contributed by atoms with E-state index in [0.29, 0.717) is 18.6 Å². The maximum absolute atomic E-state index is 12.4. The maximum atomic E-state index is 12.4. The molecule has 6 nitrogen and oxygen atoms in total. The molecule has 4 N–H and O–H groups in total. The van der Waals surface area contributed by atoms with E-state index in [1.54, 1.807) is 31.2 Å². The summed E-state index contributed by atoms with van der Waals surface area (Å²) in [5.74, 6) is 0.463. The second kappa shape index (κ2) is 12.2. The molecule has 0 spiro atoms. The Morgan fingerprint density at radius 3 is 2.26 bits per heavy atom. The molecule has 1 unspecified atom stereocenters. The molecule has 6 heteroatoms. The van der Waals surface area contributed by atoms with Gasteiger partial charge in [0.2, 0.25) is 0 Å². The van der Waals surface area contributed by atoms with Gasteiger partial charge < -0.3 is 21.0 Å². The number of rotatable bonds is 13. The Hall–Kier alpha value is -2.24. The molecule has 0 radical (unpaired) electrons. The van der Waals surface area contributed by atoms with E-state index in [1.165, 1.54) is 38.5 Å². The number of oxime groups is 1. The van der Waals surface area contributed by atoms with Crippen molar-refractivity contribution in [3.63, 3.8) is 0 Å². The Morgan fingerprint density at radius 1 is 1.11 bits per heavy atom. The van der Waals surface area contributed by atoms with Crippen molar-refractivity contribution in [2.45, 2.75) is 77.7 Å². The van der Waals surface area contributed by atoms with Crippen LogP contribution in [0.4, 0.5) is 0 Å². The molecule has 0 aliphatic heterocycles. The molecule has 0 aromatic heterocycles. The monoisotopic (exact) mass is 377 g/mol. The number of nitrogens with two attached hydrogens (primary N) is 1. The molecule has 0 saturated carbocycles. The van der Waals surface area contributed by atoms with Crippen LogP contribution >= 0.6 is 0 Å². The fourth-order valence-electron chi connectivity index (χ4n) is 2.72. The fraction of sp³-hybridized carbons (Fsp3) is 0.619. The molecule has 1 aromatic rings. The normalized spacial score (nSPS) is 13.8. The molecular weight excluding hydrogens is 342 g/mol. The third-order valence-corrected chi connectivity index (χ3v) is 4.90. The summed E-state index contributed by atoms with van der Waals surface area (Å²) in [5, 5.41) is 14.7. The number of carbonyl (C=O) groups is 1. The highest BCUT2D eigenvalue weighted by molar-refractivity contribution is 6.00. The molecule has 0 bridgehead atoms. The zero-order chi connectivity index (χ0) is 20.1. The van der Waals surface area contributed by atoms with Crippen molar-refractivity contribution in [3.05, 3.63) is 29.8 Å². The van der Waals surface area contributed by atoms with Crippen LogP contribution in [0.15, 0.2) is 29.4 Å². The summed E-state index contributed by atoms with van der Waals surface area (Å²) in [4.78, 5) is 12.4. The van der Waals surface area contributed by atoms with Crippen LogP contribution in [0.5, 0.6) is 5.75 Å². The van der Waals surface area contributed by atoms with Crippen LogP contribution in [-0.4, -0.2) is 29.1 Å². The van der Waals surface area contributed by atoms with Gasteiger partial charge in [0.05, 0.1) is 12.1 Å². The van der Waals surface area contributed by atoms with Gasteiger partial charge >= 0.3 is 0 Å². The number of nitrogens with one attached hydrogen (secondary N) is 1. The lowest BCUT2D eigenvalue weighted by Gasteiger charge is -2.28. The average molecular weight is 378 g/mol. The van der Waals surface area contributed by atoms with Gasteiger partial charge in [0.25, 0.3) is 5.91 Å². The van der Waals surface area contributed by atoms with Gasteiger partial charge in [-0.2, -0.15) is 0 Å². The summed E-state index contributed by atoms with van der Waals surface area (Å²) < 4.78 is 5.74. The Kier molecular flexibility index (Phi) is 10.3. The number of nitrogens with zero attached hydrogens (tertiary/aromatic N) is 1. The summed E-state index contributed by atoms with van der Waals surface area (Å²) in [6.45, 7) is 6.50. The standard InChI is InChI=1S/C21H35N3O3/c1-4-6-7-8-9-10-11-16-27-18-14-12-17(13-15-18)19(25)23-21(3,5-2)20(22)24-26/h12-15,26H,4-11,16H2,1-3H3,(H2,22,24)(H,23,25). The average Bonchev–Trinajstić information content (AvgIpc) is 2.69. The summed E-state index contributed by atoms with van der Waals surface area (Å²) in [6, 6.07) is 7.03. The minimum atomic E-state index is -0.891. The lowest BCUT2D eigenvalue weighted by molar-refractivity contribution is 0.0925. The first-order chi connectivity index (χ1) is 13.0. The number of ether oxygens (including phenoxy) is 1. The van der Waals surface area contributed by atoms with Crippen molar-refractivity contribution < 1.29 is 14.7 Å². The Morgan fingerprint density at radius 2 is 1.70 bits per heavy atom. The summed E-state index contributed by atoms with van der Waals surface area (Å²) in [5.41, 5.74) is 5.30. The predicted molar refractivity (Wildman–Crippen MR) is 110 cm³/mol. The first-order valence-electron chi connectivity index (χ1n) is 10.00. The Bertz CT molecular complexity index is 587. The van der Waals surface area contributed by atoms with E-state index in [2.05, 4.69) is 17.4 Å². The van der Waals surface area contributed by atoms with Gasteiger partial charge in [0.1, 0.15) is 5.75 Å². The zero-order valence-electron chi connectivity index (χ0n) is 17.0. The van der Waals surface area contributed by atoms with E-state index in [1.807, 2.05) is 6.92 Å². The number of benzene rings is 1.